The molecular formula is C11H19N3S. The molecule has 0 aromatic carbocycles. The van der Waals surface area contributed by atoms with E-state index in [1.807, 2.05) is 17.5 Å². The Hall–Kier alpha value is -0.450. The number of aromatic nitrogens is 1. The minimum absolute atomic E-state index is 0.722. The summed E-state index contributed by atoms with van der Waals surface area (Å²) in [7, 11) is 2.06. The molecule has 0 bridgehead atoms. The standard InChI is InChI=1S/C11H19N3S/c1-9-7-13-11(15-9)8-14-5-3-10(12-2)4-6-14/h7,10,12H,3-6,8H2,1-2H3. The molecule has 0 spiro atoms. The maximum atomic E-state index is 4.41. The number of nitrogens with one attached hydrogen (secondary N) is 1. The first-order valence-electron chi connectivity index (χ1n) is 5.59. The van der Waals surface area contributed by atoms with E-state index in [1.54, 1.807) is 0 Å². The lowest BCUT2D eigenvalue weighted by Crippen LogP contribution is -2.40. The lowest BCUT2D eigenvalue weighted by molar-refractivity contribution is 0.194. The molecule has 1 N–H and O–H groups in total. The molecule has 2 heterocycles. The fraction of sp³-hybridized carbons (Fsp3) is 0.727. The molecule has 1 aromatic rings. The molecule has 1 aromatic heterocycles. The van der Waals surface area contributed by atoms with Crippen LogP contribution in [-0.2, 0) is 6.54 Å². The summed E-state index contributed by atoms with van der Waals surface area (Å²) in [6, 6.07) is 0.722. The van der Waals surface area contributed by atoms with Gasteiger partial charge in [0.15, 0.2) is 0 Å². The second-order valence-corrected chi connectivity index (χ2v) is 5.52. The second kappa shape index (κ2) is 5.05. The van der Waals surface area contributed by atoms with Crippen molar-refractivity contribution in [2.45, 2.75) is 32.4 Å². The number of piperidine rings is 1. The van der Waals surface area contributed by atoms with Gasteiger partial charge in [-0.2, -0.15) is 0 Å². The number of nitrogens with zero attached hydrogens (tertiary/aromatic N) is 2. The number of hydrogen-bond donors (Lipinski definition) is 1. The highest BCUT2D eigenvalue weighted by Crippen LogP contribution is 2.17. The predicted molar refractivity (Wildman–Crippen MR) is 64.2 cm³/mol. The first-order valence-corrected chi connectivity index (χ1v) is 6.40. The Kier molecular flexibility index (Phi) is 3.72. The zero-order valence-corrected chi connectivity index (χ0v) is 10.3. The van der Waals surface area contributed by atoms with Crippen LogP contribution in [0.2, 0.25) is 0 Å². The summed E-state index contributed by atoms with van der Waals surface area (Å²) < 4.78 is 0. The highest BCUT2D eigenvalue weighted by atomic mass is 32.1. The molecular weight excluding hydrogens is 206 g/mol. The molecule has 1 fully saturated rings. The third-order valence-electron chi connectivity index (χ3n) is 3.02. The first kappa shape index (κ1) is 11.0. The maximum Gasteiger partial charge on any atom is 0.107 e. The van der Waals surface area contributed by atoms with Gasteiger partial charge in [-0.3, -0.25) is 4.90 Å². The van der Waals surface area contributed by atoms with E-state index in [2.05, 4.69) is 29.2 Å². The van der Waals surface area contributed by atoms with E-state index < -0.39 is 0 Å². The Morgan fingerprint density at radius 2 is 2.27 bits per heavy atom. The summed E-state index contributed by atoms with van der Waals surface area (Å²) in [4.78, 5) is 8.23. The van der Waals surface area contributed by atoms with Crippen LogP contribution in [0.1, 0.15) is 22.7 Å². The third kappa shape index (κ3) is 3.00. The Morgan fingerprint density at radius 3 is 2.80 bits per heavy atom. The molecule has 1 aliphatic rings. The zero-order valence-electron chi connectivity index (χ0n) is 9.49. The molecule has 1 aliphatic heterocycles. The van der Waals surface area contributed by atoms with Crippen LogP contribution in [0.4, 0.5) is 0 Å². The van der Waals surface area contributed by atoms with Crippen LogP contribution in [0.3, 0.4) is 0 Å². The van der Waals surface area contributed by atoms with E-state index in [1.165, 1.54) is 35.8 Å². The minimum Gasteiger partial charge on any atom is -0.317 e. The SMILES string of the molecule is CNC1CCN(Cc2ncc(C)s2)CC1. The Bertz CT molecular complexity index is 303. The number of hydrogen-bond acceptors (Lipinski definition) is 4. The van der Waals surface area contributed by atoms with Gasteiger partial charge in [0.25, 0.3) is 0 Å². The molecule has 0 radical (unpaired) electrons. The summed E-state index contributed by atoms with van der Waals surface area (Å²) in [5, 5.41) is 4.61. The van der Waals surface area contributed by atoms with Crippen molar-refractivity contribution in [3.63, 3.8) is 0 Å². The molecule has 3 nitrogen and oxygen atoms in total. The van der Waals surface area contributed by atoms with Gasteiger partial charge in [0, 0.05) is 30.2 Å². The molecule has 0 atom stereocenters. The van der Waals surface area contributed by atoms with Crippen LogP contribution >= 0.6 is 11.3 Å². The normalized spacial score (nSPS) is 19.6. The quantitative estimate of drug-likeness (QED) is 0.847. The Labute approximate surface area is 95.5 Å². The van der Waals surface area contributed by atoms with Crippen molar-refractivity contribution in [2.24, 2.45) is 0 Å². The molecule has 0 amide bonds. The average Bonchev–Trinajstić information content (AvgIpc) is 2.65. The molecule has 0 unspecified atom stereocenters. The van der Waals surface area contributed by atoms with Crippen molar-refractivity contribution in [1.29, 1.82) is 0 Å². The fourth-order valence-corrected chi connectivity index (χ4v) is 2.88. The van der Waals surface area contributed by atoms with Crippen LogP contribution in [-0.4, -0.2) is 36.1 Å². The van der Waals surface area contributed by atoms with Gasteiger partial charge < -0.3 is 5.32 Å². The Morgan fingerprint density at radius 1 is 1.53 bits per heavy atom. The minimum atomic E-state index is 0.722. The number of thiazole rings is 1. The van der Waals surface area contributed by atoms with Gasteiger partial charge in [0.1, 0.15) is 5.01 Å². The van der Waals surface area contributed by atoms with Gasteiger partial charge in [0.2, 0.25) is 0 Å². The fourth-order valence-electron chi connectivity index (χ4n) is 2.05. The number of aryl methyl sites for hydroxylation is 1. The van der Waals surface area contributed by atoms with Crippen molar-refractivity contribution in [1.82, 2.24) is 15.2 Å². The molecule has 0 aliphatic carbocycles. The van der Waals surface area contributed by atoms with Crippen LogP contribution in [0.15, 0.2) is 6.20 Å². The van der Waals surface area contributed by atoms with Crippen molar-refractivity contribution in [2.75, 3.05) is 20.1 Å². The van der Waals surface area contributed by atoms with E-state index in [4.69, 9.17) is 0 Å². The number of rotatable bonds is 3. The lowest BCUT2D eigenvalue weighted by atomic mass is 10.1. The monoisotopic (exact) mass is 225 g/mol. The Balaban J connectivity index is 1.82. The first-order chi connectivity index (χ1) is 7.28. The largest absolute Gasteiger partial charge is 0.317 e. The predicted octanol–water partition coefficient (Wildman–Crippen LogP) is 1.64. The average molecular weight is 225 g/mol. The van der Waals surface area contributed by atoms with E-state index in [0.29, 0.717) is 0 Å². The van der Waals surface area contributed by atoms with E-state index >= 15 is 0 Å². The maximum absolute atomic E-state index is 4.41. The van der Waals surface area contributed by atoms with Gasteiger partial charge in [-0.15, -0.1) is 11.3 Å². The molecule has 4 heteroatoms. The van der Waals surface area contributed by atoms with Crippen molar-refractivity contribution >= 4 is 11.3 Å². The van der Waals surface area contributed by atoms with Crippen molar-refractivity contribution in [3.05, 3.63) is 16.1 Å². The molecule has 1 saturated heterocycles. The molecule has 15 heavy (non-hydrogen) atoms. The van der Waals surface area contributed by atoms with Gasteiger partial charge >= 0.3 is 0 Å². The van der Waals surface area contributed by atoms with Crippen molar-refractivity contribution in [3.8, 4) is 0 Å². The highest BCUT2D eigenvalue weighted by molar-refractivity contribution is 7.11. The van der Waals surface area contributed by atoms with E-state index in [-0.39, 0.29) is 0 Å². The summed E-state index contributed by atoms with van der Waals surface area (Å²) in [6.07, 6.45) is 4.50. The van der Waals surface area contributed by atoms with Gasteiger partial charge in [-0.05, 0) is 26.8 Å². The summed E-state index contributed by atoms with van der Waals surface area (Å²) in [6.45, 7) is 5.55. The molecule has 84 valence electrons. The zero-order chi connectivity index (χ0) is 10.7. The third-order valence-corrected chi connectivity index (χ3v) is 3.92. The molecule has 2 rings (SSSR count). The topological polar surface area (TPSA) is 28.2 Å². The van der Waals surface area contributed by atoms with E-state index in [0.717, 1.165) is 12.6 Å². The van der Waals surface area contributed by atoms with Crippen LogP contribution in [0.25, 0.3) is 0 Å². The van der Waals surface area contributed by atoms with Crippen molar-refractivity contribution < 1.29 is 0 Å². The lowest BCUT2D eigenvalue weighted by Gasteiger charge is -2.30. The van der Waals surface area contributed by atoms with Gasteiger partial charge in [-0.1, -0.05) is 0 Å². The summed E-state index contributed by atoms with van der Waals surface area (Å²) >= 11 is 1.82. The van der Waals surface area contributed by atoms with Gasteiger partial charge in [-0.25, -0.2) is 4.98 Å². The van der Waals surface area contributed by atoms with Crippen LogP contribution in [0, 0.1) is 6.92 Å². The van der Waals surface area contributed by atoms with Crippen LogP contribution in [0.5, 0.6) is 0 Å². The van der Waals surface area contributed by atoms with E-state index in [9.17, 15) is 0 Å². The number of likely N-dealkylation sites (tertiary alicyclic amines) is 1. The van der Waals surface area contributed by atoms with Gasteiger partial charge in [0.05, 0.1) is 6.54 Å². The smallest absolute Gasteiger partial charge is 0.107 e. The summed E-state index contributed by atoms with van der Waals surface area (Å²) in [5.41, 5.74) is 0. The highest BCUT2D eigenvalue weighted by Gasteiger charge is 2.18. The summed E-state index contributed by atoms with van der Waals surface area (Å²) in [5.74, 6) is 0. The molecule has 0 saturated carbocycles. The second-order valence-electron chi connectivity index (χ2n) is 4.20. The van der Waals surface area contributed by atoms with Crippen LogP contribution < -0.4 is 5.32 Å².